The number of amides is 2. The predicted octanol–water partition coefficient (Wildman–Crippen LogP) is 5.84. The molecule has 1 aliphatic rings. The maximum atomic E-state index is 15.0. The lowest BCUT2D eigenvalue weighted by atomic mass is 9.84. The van der Waals surface area contributed by atoms with Gasteiger partial charge in [0.1, 0.15) is 33.8 Å². The highest BCUT2D eigenvalue weighted by molar-refractivity contribution is 5.96. The van der Waals surface area contributed by atoms with Crippen molar-refractivity contribution in [1.29, 1.82) is 5.53 Å². The second-order valence-electron chi connectivity index (χ2n) is 10.1. The lowest BCUT2D eigenvalue weighted by Gasteiger charge is -2.31. The van der Waals surface area contributed by atoms with E-state index in [9.17, 15) is 23.5 Å². The average Bonchev–Trinajstić information content (AvgIpc) is 3.22. The number of hydrogen-bond acceptors (Lipinski definition) is 5. The summed E-state index contributed by atoms with van der Waals surface area (Å²) in [5, 5.41) is 16.1. The quantitative estimate of drug-likeness (QED) is 0.221. The number of anilines is 1. The van der Waals surface area contributed by atoms with Crippen LogP contribution in [0, 0.1) is 23.0 Å². The zero-order chi connectivity index (χ0) is 29.7. The van der Waals surface area contributed by atoms with Gasteiger partial charge in [-0.1, -0.05) is 30.3 Å². The van der Waals surface area contributed by atoms with Crippen molar-refractivity contribution in [3.05, 3.63) is 101 Å². The molecule has 0 aromatic heterocycles. The number of carboxylic acid groups (broad SMARTS) is 1. The third-order valence-corrected chi connectivity index (χ3v) is 7.07. The van der Waals surface area contributed by atoms with Crippen LogP contribution in [0.4, 0.5) is 23.7 Å². The number of benzene rings is 3. The monoisotopic (exact) mass is 568 g/mol. The van der Waals surface area contributed by atoms with Crippen LogP contribution in [0.1, 0.15) is 42.9 Å². The molecule has 2 atom stereocenters. The predicted molar refractivity (Wildman–Crippen MR) is 143 cm³/mol. The molecular formula is C29H29F3N5O4+. The van der Waals surface area contributed by atoms with Crippen LogP contribution >= 0.6 is 0 Å². The van der Waals surface area contributed by atoms with Gasteiger partial charge in [0.15, 0.2) is 0 Å². The molecule has 1 saturated heterocycles. The molecule has 0 spiro atoms. The van der Waals surface area contributed by atoms with Gasteiger partial charge in [0.25, 0.3) is 5.91 Å². The van der Waals surface area contributed by atoms with Crippen molar-refractivity contribution >= 4 is 17.7 Å². The maximum Gasteiger partial charge on any atom is 0.409 e. The Kier molecular flexibility index (Phi) is 8.85. The summed E-state index contributed by atoms with van der Waals surface area (Å²) in [6.07, 6.45) is -0.883. The molecule has 0 saturated carbocycles. The summed E-state index contributed by atoms with van der Waals surface area (Å²) in [5.74, 6) is -3.62. The highest BCUT2D eigenvalue weighted by atomic mass is 19.1. The van der Waals surface area contributed by atoms with E-state index in [1.165, 1.54) is 59.5 Å². The summed E-state index contributed by atoms with van der Waals surface area (Å²) in [6, 6.07) is 12.9. The van der Waals surface area contributed by atoms with E-state index in [4.69, 9.17) is 10.3 Å². The van der Waals surface area contributed by atoms with Crippen LogP contribution in [0.5, 0.6) is 0 Å². The smallest absolute Gasteiger partial charge is 0.409 e. The van der Waals surface area contributed by atoms with Crippen molar-refractivity contribution in [2.45, 2.75) is 50.4 Å². The summed E-state index contributed by atoms with van der Waals surface area (Å²) in [7, 11) is 0. The topological polar surface area (TPSA) is 129 Å². The van der Waals surface area contributed by atoms with Crippen molar-refractivity contribution in [2.75, 3.05) is 11.9 Å². The van der Waals surface area contributed by atoms with Gasteiger partial charge in [-0.15, -0.1) is 0 Å². The first-order valence-corrected chi connectivity index (χ1v) is 12.8. The largest absolute Gasteiger partial charge is 0.465 e. The molecule has 3 aromatic rings. The van der Waals surface area contributed by atoms with Crippen LogP contribution in [0.2, 0.25) is 0 Å². The Morgan fingerprint density at radius 2 is 1.71 bits per heavy atom. The Hall–Kier alpha value is -4.54. The Morgan fingerprint density at radius 1 is 1.10 bits per heavy atom. The normalized spacial score (nSPS) is 16.7. The molecule has 1 fully saturated rings. The third-order valence-electron chi connectivity index (χ3n) is 7.07. The highest BCUT2D eigenvalue weighted by Gasteiger charge is 2.44. The van der Waals surface area contributed by atoms with Crippen molar-refractivity contribution in [3.8, 4) is 0 Å². The molecule has 2 amide bonds. The fourth-order valence-corrected chi connectivity index (χ4v) is 5.22. The molecule has 41 heavy (non-hydrogen) atoms. The zero-order valence-electron chi connectivity index (χ0n) is 22.4. The number of rotatable bonds is 9. The zero-order valence-corrected chi connectivity index (χ0v) is 22.4. The SMILES string of the molecule is CC1(C)OCC(CCc2c(F)cccc2NC(=O)C(N=[N+]=N)C(c2cccc(F)c2)c2cccc(F)c2)N1C(=O)O. The Morgan fingerprint density at radius 3 is 2.27 bits per heavy atom. The summed E-state index contributed by atoms with van der Waals surface area (Å²) in [6.45, 7) is 3.39. The fourth-order valence-electron chi connectivity index (χ4n) is 5.22. The van der Waals surface area contributed by atoms with E-state index in [1.807, 2.05) is 0 Å². The molecule has 2 unspecified atom stereocenters. The van der Waals surface area contributed by atoms with Crippen molar-refractivity contribution in [3.63, 3.8) is 0 Å². The summed E-state index contributed by atoms with van der Waals surface area (Å²) in [5.41, 5.74) is 7.12. The maximum absolute atomic E-state index is 15.0. The first-order chi connectivity index (χ1) is 19.5. The van der Waals surface area contributed by atoms with Gasteiger partial charge >= 0.3 is 6.09 Å². The van der Waals surface area contributed by atoms with Crippen LogP contribution in [0.15, 0.2) is 71.8 Å². The van der Waals surface area contributed by atoms with E-state index in [-0.39, 0.29) is 30.7 Å². The molecule has 0 aliphatic carbocycles. The van der Waals surface area contributed by atoms with Crippen molar-refractivity contribution in [2.24, 2.45) is 5.11 Å². The molecule has 0 radical (unpaired) electrons. The lowest BCUT2D eigenvalue weighted by molar-refractivity contribution is -0.117. The highest BCUT2D eigenvalue weighted by Crippen LogP contribution is 2.34. The van der Waals surface area contributed by atoms with Crippen LogP contribution in [0.3, 0.4) is 0 Å². The first kappa shape index (κ1) is 29.4. The Bertz CT molecular complexity index is 1450. The number of halogens is 3. The van der Waals surface area contributed by atoms with Crippen molar-refractivity contribution in [1.82, 2.24) is 9.81 Å². The average molecular weight is 569 g/mol. The number of ether oxygens (including phenoxy) is 1. The third kappa shape index (κ3) is 6.62. The van der Waals surface area contributed by atoms with E-state index >= 15 is 4.39 Å². The molecule has 3 aromatic carbocycles. The lowest BCUT2D eigenvalue weighted by Crippen LogP contribution is -2.47. The molecule has 4 rings (SSSR count). The van der Waals surface area contributed by atoms with Gasteiger partial charge in [-0.2, -0.15) is 0 Å². The van der Waals surface area contributed by atoms with E-state index in [0.29, 0.717) is 11.1 Å². The number of carbonyl (C=O) groups excluding carboxylic acids is 1. The molecule has 214 valence electrons. The Labute approximate surface area is 234 Å². The van der Waals surface area contributed by atoms with Crippen LogP contribution in [-0.2, 0) is 16.0 Å². The second-order valence-corrected chi connectivity index (χ2v) is 10.1. The summed E-state index contributed by atoms with van der Waals surface area (Å²) < 4.78 is 49.1. The van der Waals surface area contributed by atoms with E-state index in [1.54, 1.807) is 26.0 Å². The molecule has 9 nitrogen and oxygen atoms in total. The summed E-state index contributed by atoms with van der Waals surface area (Å²) >= 11 is 0. The van der Waals surface area contributed by atoms with E-state index < -0.39 is 53.2 Å². The van der Waals surface area contributed by atoms with Gasteiger partial charge in [0.2, 0.25) is 11.0 Å². The fraction of sp³-hybridized carbons (Fsp3) is 0.310. The van der Waals surface area contributed by atoms with Crippen LogP contribution in [0.25, 0.3) is 0 Å². The number of carbonyl (C=O) groups is 2. The van der Waals surface area contributed by atoms with Gasteiger partial charge in [0, 0.05) is 17.2 Å². The summed E-state index contributed by atoms with van der Waals surface area (Å²) in [4.78, 5) is 29.7. The van der Waals surface area contributed by atoms with Gasteiger partial charge < -0.3 is 15.2 Å². The first-order valence-electron chi connectivity index (χ1n) is 12.8. The Balaban J connectivity index is 1.65. The van der Waals surface area contributed by atoms with Gasteiger partial charge in [-0.05, 0) is 74.2 Å². The molecule has 3 N–H and O–H groups in total. The van der Waals surface area contributed by atoms with Gasteiger partial charge in [-0.3, -0.25) is 9.69 Å². The minimum Gasteiger partial charge on any atom is -0.465 e. The molecular weight excluding hydrogens is 539 g/mol. The van der Waals surface area contributed by atoms with Gasteiger partial charge in [0.05, 0.1) is 12.6 Å². The minimum atomic E-state index is -1.45. The molecule has 1 heterocycles. The second kappa shape index (κ2) is 12.3. The minimum absolute atomic E-state index is 0.0675. The van der Waals surface area contributed by atoms with Crippen LogP contribution < -0.4 is 10.2 Å². The van der Waals surface area contributed by atoms with Gasteiger partial charge in [-0.25, -0.2) is 18.0 Å². The van der Waals surface area contributed by atoms with Crippen LogP contribution in [-0.4, -0.2) is 46.4 Å². The molecule has 1 aliphatic heterocycles. The molecule has 12 heteroatoms. The van der Waals surface area contributed by atoms with E-state index in [2.05, 4.69) is 15.3 Å². The number of nitrogens with zero attached hydrogens (tertiary/aromatic N) is 3. The number of nitrogens with one attached hydrogen (secondary N) is 2. The van der Waals surface area contributed by atoms with E-state index in [0.717, 1.165) is 0 Å². The molecule has 0 bridgehead atoms. The van der Waals surface area contributed by atoms with Crippen molar-refractivity contribution < 1.29 is 32.6 Å². The standard InChI is InChI=1S/C29H28F3N5O4/c1-29(2)37(28(39)40)21(16-41-29)12-13-22-23(32)10-5-11-24(22)34-27(38)26(35-36-33)25(17-6-3-8-19(30)14-17)18-7-4-9-20(31)15-18/h3-11,14-15,21,25-26,33H,12-13,16H2,1-2H3,(H-,34,38,39,40)/p+1. The number of hydrogen-bond donors (Lipinski definition) is 3.